The summed E-state index contributed by atoms with van der Waals surface area (Å²) in [6.07, 6.45) is 3.08. The van der Waals surface area contributed by atoms with E-state index in [1.165, 1.54) is 5.56 Å². The van der Waals surface area contributed by atoms with Crippen LogP contribution in [0.15, 0.2) is 53.3 Å². The van der Waals surface area contributed by atoms with Crippen molar-refractivity contribution in [2.45, 2.75) is 20.0 Å². The van der Waals surface area contributed by atoms with Gasteiger partial charge in [-0.3, -0.25) is 4.98 Å². The summed E-state index contributed by atoms with van der Waals surface area (Å²) in [5.41, 5.74) is 2.00. The maximum absolute atomic E-state index is 5.79. The lowest BCUT2D eigenvalue weighted by atomic mass is 10.2. The fourth-order valence-electron chi connectivity index (χ4n) is 1.88. The topological polar surface area (TPSA) is 61.0 Å². The number of aryl methyl sites for hydroxylation is 1. The smallest absolute Gasteiger partial charge is 0.267 e. The van der Waals surface area contributed by atoms with Gasteiger partial charge in [0.15, 0.2) is 6.10 Å². The highest BCUT2D eigenvalue weighted by atomic mass is 16.5. The third-order valence-corrected chi connectivity index (χ3v) is 3.04. The second-order valence-electron chi connectivity index (χ2n) is 4.77. The summed E-state index contributed by atoms with van der Waals surface area (Å²) in [7, 11) is 0. The molecular weight excluding hydrogens is 266 g/mol. The van der Waals surface area contributed by atoms with E-state index in [0.717, 1.165) is 11.3 Å². The van der Waals surface area contributed by atoms with Crippen LogP contribution in [0.3, 0.4) is 0 Å². The average Bonchev–Trinajstić information content (AvgIpc) is 3.00. The Morgan fingerprint density at radius 2 is 1.95 bits per heavy atom. The lowest BCUT2D eigenvalue weighted by molar-refractivity contribution is 0.176. The number of ether oxygens (including phenoxy) is 1. The van der Waals surface area contributed by atoms with Crippen molar-refractivity contribution in [3.05, 3.63) is 60.2 Å². The Morgan fingerprint density at radius 1 is 1.14 bits per heavy atom. The lowest BCUT2D eigenvalue weighted by Gasteiger charge is -2.10. The predicted octanol–water partition coefficient (Wildman–Crippen LogP) is 3.58. The molecule has 2 aromatic heterocycles. The molecule has 0 N–H and O–H groups in total. The first-order chi connectivity index (χ1) is 10.2. The van der Waals surface area contributed by atoms with E-state index < -0.39 is 0 Å². The molecule has 0 fully saturated rings. The Balaban J connectivity index is 1.75. The van der Waals surface area contributed by atoms with E-state index >= 15 is 0 Å². The molecule has 1 atom stereocenters. The van der Waals surface area contributed by atoms with E-state index in [1.807, 2.05) is 50.2 Å². The highest BCUT2D eigenvalue weighted by molar-refractivity contribution is 5.51. The minimum Gasteiger partial charge on any atom is -0.481 e. The van der Waals surface area contributed by atoms with Crippen LogP contribution in [0.1, 0.15) is 24.5 Å². The summed E-state index contributed by atoms with van der Waals surface area (Å²) in [5, 5.41) is 3.96. The summed E-state index contributed by atoms with van der Waals surface area (Å²) in [5.74, 6) is 1.72. The van der Waals surface area contributed by atoms with Crippen LogP contribution in [-0.4, -0.2) is 15.1 Å². The van der Waals surface area contributed by atoms with Gasteiger partial charge in [-0.05, 0) is 38.1 Å². The Hall–Kier alpha value is -2.69. The molecule has 3 aromatic rings. The largest absolute Gasteiger partial charge is 0.481 e. The standard InChI is InChI=1S/C16H15N3O2/c1-11-5-7-14(8-6-11)20-12(2)16-18-15(19-21-16)13-4-3-9-17-10-13/h3-10,12H,1-2H3/t12-/m1/s1. The van der Waals surface area contributed by atoms with Gasteiger partial charge in [0.2, 0.25) is 5.82 Å². The molecule has 1 aromatic carbocycles. The Kier molecular flexibility index (Phi) is 3.64. The summed E-state index contributed by atoms with van der Waals surface area (Å²) in [6, 6.07) is 11.5. The second kappa shape index (κ2) is 5.75. The summed E-state index contributed by atoms with van der Waals surface area (Å²) in [6.45, 7) is 3.91. The number of hydrogen-bond donors (Lipinski definition) is 0. The molecule has 5 heteroatoms. The molecular formula is C16H15N3O2. The maximum atomic E-state index is 5.79. The molecule has 0 aliphatic rings. The number of pyridine rings is 1. The quantitative estimate of drug-likeness (QED) is 0.731. The van der Waals surface area contributed by atoms with E-state index in [9.17, 15) is 0 Å². The number of aromatic nitrogens is 3. The molecule has 5 nitrogen and oxygen atoms in total. The number of benzene rings is 1. The average molecular weight is 281 g/mol. The van der Waals surface area contributed by atoms with Crippen molar-refractivity contribution in [3.8, 4) is 17.1 Å². The van der Waals surface area contributed by atoms with Gasteiger partial charge in [0.25, 0.3) is 5.89 Å². The van der Waals surface area contributed by atoms with Gasteiger partial charge < -0.3 is 9.26 Å². The van der Waals surface area contributed by atoms with Crippen molar-refractivity contribution in [1.82, 2.24) is 15.1 Å². The van der Waals surface area contributed by atoms with Crippen LogP contribution in [0.5, 0.6) is 5.75 Å². The number of nitrogens with zero attached hydrogens (tertiary/aromatic N) is 3. The minimum atomic E-state index is -0.314. The van der Waals surface area contributed by atoms with Crippen molar-refractivity contribution in [2.24, 2.45) is 0 Å². The third-order valence-electron chi connectivity index (χ3n) is 3.04. The number of hydrogen-bond acceptors (Lipinski definition) is 5. The van der Waals surface area contributed by atoms with E-state index in [-0.39, 0.29) is 6.10 Å². The van der Waals surface area contributed by atoms with Gasteiger partial charge >= 0.3 is 0 Å². The first kappa shape index (κ1) is 13.3. The normalized spacial score (nSPS) is 12.1. The molecule has 0 saturated heterocycles. The van der Waals surface area contributed by atoms with Crippen LogP contribution in [0, 0.1) is 6.92 Å². The van der Waals surface area contributed by atoms with Crippen LogP contribution >= 0.6 is 0 Å². The zero-order valence-electron chi connectivity index (χ0n) is 11.9. The molecule has 0 bridgehead atoms. The fraction of sp³-hybridized carbons (Fsp3) is 0.188. The van der Waals surface area contributed by atoms with Gasteiger partial charge in [0.05, 0.1) is 0 Å². The Labute approximate surface area is 122 Å². The third kappa shape index (κ3) is 3.08. The van der Waals surface area contributed by atoms with E-state index in [4.69, 9.17) is 9.26 Å². The van der Waals surface area contributed by atoms with Crippen molar-refractivity contribution in [2.75, 3.05) is 0 Å². The molecule has 0 amide bonds. The van der Waals surface area contributed by atoms with E-state index in [0.29, 0.717) is 11.7 Å². The molecule has 0 aliphatic carbocycles. The maximum Gasteiger partial charge on any atom is 0.267 e. The highest BCUT2D eigenvalue weighted by Crippen LogP contribution is 2.23. The second-order valence-corrected chi connectivity index (χ2v) is 4.77. The molecule has 0 radical (unpaired) electrons. The van der Waals surface area contributed by atoms with E-state index in [1.54, 1.807) is 12.4 Å². The molecule has 0 spiro atoms. The monoisotopic (exact) mass is 281 g/mol. The zero-order chi connectivity index (χ0) is 14.7. The lowest BCUT2D eigenvalue weighted by Crippen LogP contribution is -2.03. The predicted molar refractivity (Wildman–Crippen MR) is 77.8 cm³/mol. The fourth-order valence-corrected chi connectivity index (χ4v) is 1.88. The molecule has 106 valence electrons. The number of rotatable bonds is 4. The van der Waals surface area contributed by atoms with Gasteiger partial charge in [-0.2, -0.15) is 4.98 Å². The summed E-state index contributed by atoms with van der Waals surface area (Å²) < 4.78 is 11.1. The van der Waals surface area contributed by atoms with Gasteiger partial charge in [-0.1, -0.05) is 22.9 Å². The molecule has 0 unspecified atom stereocenters. The first-order valence-corrected chi connectivity index (χ1v) is 6.70. The molecule has 0 aliphatic heterocycles. The van der Waals surface area contributed by atoms with Crippen LogP contribution in [0.4, 0.5) is 0 Å². The van der Waals surface area contributed by atoms with Gasteiger partial charge in [0.1, 0.15) is 5.75 Å². The van der Waals surface area contributed by atoms with Crippen LogP contribution < -0.4 is 4.74 Å². The Morgan fingerprint density at radius 3 is 2.67 bits per heavy atom. The van der Waals surface area contributed by atoms with Crippen LogP contribution in [0.2, 0.25) is 0 Å². The van der Waals surface area contributed by atoms with Crippen LogP contribution in [-0.2, 0) is 0 Å². The Bertz CT molecular complexity index is 708. The minimum absolute atomic E-state index is 0.314. The molecule has 2 heterocycles. The molecule has 21 heavy (non-hydrogen) atoms. The van der Waals surface area contributed by atoms with Crippen molar-refractivity contribution in [1.29, 1.82) is 0 Å². The zero-order valence-corrected chi connectivity index (χ0v) is 11.9. The van der Waals surface area contributed by atoms with Gasteiger partial charge in [-0.15, -0.1) is 0 Å². The first-order valence-electron chi connectivity index (χ1n) is 6.70. The van der Waals surface area contributed by atoms with Crippen molar-refractivity contribution < 1.29 is 9.26 Å². The van der Waals surface area contributed by atoms with E-state index in [2.05, 4.69) is 15.1 Å². The summed E-state index contributed by atoms with van der Waals surface area (Å²) >= 11 is 0. The SMILES string of the molecule is Cc1ccc(O[C@H](C)c2nc(-c3cccnc3)no2)cc1. The van der Waals surface area contributed by atoms with Crippen LogP contribution in [0.25, 0.3) is 11.4 Å². The molecule has 0 saturated carbocycles. The van der Waals surface area contributed by atoms with Gasteiger partial charge in [-0.25, -0.2) is 0 Å². The summed E-state index contributed by atoms with van der Waals surface area (Å²) in [4.78, 5) is 8.39. The molecule has 3 rings (SSSR count). The highest BCUT2D eigenvalue weighted by Gasteiger charge is 2.16. The van der Waals surface area contributed by atoms with Gasteiger partial charge in [0, 0.05) is 18.0 Å². The van der Waals surface area contributed by atoms with Crippen molar-refractivity contribution in [3.63, 3.8) is 0 Å². The van der Waals surface area contributed by atoms with Crippen molar-refractivity contribution >= 4 is 0 Å².